The predicted molar refractivity (Wildman–Crippen MR) is 95.0 cm³/mol. The van der Waals surface area contributed by atoms with E-state index in [0.717, 1.165) is 26.8 Å². The maximum absolute atomic E-state index is 5.78. The quantitative estimate of drug-likeness (QED) is 0.694. The standard InChI is InChI=1S/C17H19Br2NO/c1-3-20-17(12-9-13(18)11-14(19)10-12)15-7-5-6-8-16(15)21-4-2/h5-11,17,20H,3-4H2,1-2H3. The van der Waals surface area contributed by atoms with Crippen molar-refractivity contribution in [2.45, 2.75) is 19.9 Å². The first-order valence-corrected chi connectivity index (χ1v) is 8.65. The van der Waals surface area contributed by atoms with E-state index in [2.05, 4.69) is 68.4 Å². The smallest absolute Gasteiger partial charge is 0.124 e. The van der Waals surface area contributed by atoms with E-state index in [9.17, 15) is 0 Å². The predicted octanol–water partition coefficient (Wildman–Crippen LogP) is 5.31. The molecule has 2 nitrogen and oxygen atoms in total. The van der Waals surface area contributed by atoms with Crippen LogP contribution in [0.5, 0.6) is 5.75 Å². The highest BCUT2D eigenvalue weighted by atomic mass is 79.9. The topological polar surface area (TPSA) is 21.3 Å². The molecule has 1 atom stereocenters. The van der Waals surface area contributed by atoms with Crippen LogP contribution in [0.15, 0.2) is 51.4 Å². The molecule has 2 aromatic carbocycles. The molecule has 0 bridgehead atoms. The summed E-state index contributed by atoms with van der Waals surface area (Å²) in [6.45, 7) is 5.67. The highest BCUT2D eigenvalue weighted by Crippen LogP contribution is 2.33. The van der Waals surface area contributed by atoms with Gasteiger partial charge in [-0.3, -0.25) is 0 Å². The van der Waals surface area contributed by atoms with Crippen LogP contribution >= 0.6 is 31.9 Å². The molecule has 1 N–H and O–H groups in total. The van der Waals surface area contributed by atoms with Gasteiger partial charge in [-0.2, -0.15) is 0 Å². The van der Waals surface area contributed by atoms with Crippen LogP contribution in [0, 0.1) is 0 Å². The van der Waals surface area contributed by atoms with Crippen molar-refractivity contribution in [3.8, 4) is 5.75 Å². The van der Waals surface area contributed by atoms with Crippen molar-refractivity contribution in [1.29, 1.82) is 0 Å². The molecule has 0 aliphatic rings. The normalized spacial score (nSPS) is 12.2. The summed E-state index contributed by atoms with van der Waals surface area (Å²) in [5.74, 6) is 0.932. The van der Waals surface area contributed by atoms with E-state index in [-0.39, 0.29) is 6.04 Å². The Hall–Kier alpha value is -0.840. The van der Waals surface area contributed by atoms with Crippen molar-refractivity contribution in [1.82, 2.24) is 5.32 Å². The summed E-state index contributed by atoms with van der Waals surface area (Å²) in [5.41, 5.74) is 2.36. The molecule has 0 fully saturated rings. The van der Waals surface area contributed by atoms with Crippen molar-refractivity contribution in [2.75, 3.05) is 13.2 Å². The number of hydrogen-bond acceptors (Lipinski definition) is 2. The third-order valence-corrected chi connectivity index (χ3v) is 4.07. The van der Waals surface area contributed by atoms with E-state index < -0.39 is 0 Å². The lowest BCUT2D eigenvalue weighted by atomic mass is 9.98. The van der Waals surface area contributed by atoms with Crippen LogP contribution in [0.1, 0.15) is 31.0 Å². The minimum Gasteiger partial charge on any atom is -0.494 e. The van der Waals surface area contributed by atoms with Gasteiger partial charge in [-0.15, -0.1) is 0 Å². The zero-order valence-electron chi connectivity index (χ0n) is 12.2. The number of rotatable bonds is 6. The Morgan fingerprint density at radius 3 is 2.33 bits per heavy atom. The van der Waals surface area contributed by atoms with Crippen LogP contribution in [-0.2, 0) is 0 Å². The summed E-state index contributed by atoms with van der Waals surface area (Å²) in [4.78, 5) is 0. The van der Waals surface area contributed by atoms with E-state index in [4.69, 9.17) is 4.74 Å². The van der Waals surface area contributed by atoms with Gasteiger partial charge in [-0.05, 0) is 43.3 Å². The number of hydrogen-bond donors (Lipinski definition) is 1. The average Bonchev–Trinajstić information content (AvgIpc) is 2.45. The molecule has 21 heavy (non-hydrogen) atoms. The Labute approximate surface area is 143 Å². The molecule has 2 aromatic rings. The Bertz CT molecular complexity index is 581. The number of benzene rings is 2. The zero-order valence-corrected chi connectivity index (χ0v) is 15.4. The van der Waals surface area contributed by atoms with Gasteiger partial charge in [0, 0.05) is 14.5 Å². The average molecular weight is 413 g/mol. The monoisotopic (exact) mass is 411 g/mol. The number of halogens is 2. The highest BCUT2D eigenvalue weighted by Gasteiger charge is 2.18. The Morgan fingerprint density at radius 2 is 1.71 bits per heavy atom. The third-order valence-electron chi connectivity index (χ3n) is 3.16. The molecule has 0 saturated carbocycles. The van der Waals surface area contributed by atoms with Gasteiger partial charge in [-0.1, -0.05) is 57.0 Å². The lowest BCUT2D eigenvalue weighted by Crippen LogP contribution is -2.22. The van der Waals surface area contributed by atoms with Crippen LogP contribution < -0.4 is 10.1 Å². The molecular weight excluding hydrogens is 394 g/mol. The summed E-state index contributed by atoms with van der Waals surface area (Å²) in [5, 5.41) is 3.55. The molecule has 0 radical (unpaired) electrons. The Balaban J connectivity index is 2.48. The second-order valence-electron chi connectivity index (χ2n) is 4.66. The Morgan fingerprint density at radius 1 is 1.05 bits per heavy atom. The highest BCUT2D eigenvalue weighted by molar-refractivity contribution is 9.11. The van der Waals surface area contributed by atoms with Gasteiger partial charge in [0.2, 0.25) is 0 Å². The molecular formula is C17H19Br2NO. The van der Waals surface area contributed by atoms with E-state index in [1.54, 1.807) is 0 Å². The second kappa shape index (κ2) is 7.97. The van der Waals surface area contributed by atoms with E-state index in [1.807, 2.05) is 25.1 Å². The summed E-state index contributed by atoms with van der Waals surface area (Å²) in [6, 6.07) is 14.6. The molecule has 1 unspecified atom stereocenters. The maximum Gasteiger partial charge on any atom is 0.124 e. The molecule has 0 amide bonds. The van der Waals surface area contributed by atoms with E-state index in [1.165, 1.54) is 5.56 Å². The molecule has 2 rings (SSSR count). The largest absolute Gasteiger partial charge is 0.494 e. The summed E-state index contributed by atoms with van der Waals surface area (Å²) >= 11 is 7.13. The van der Waals surface area contributed by atoms with Gasteiger partial charge in [0.15, 0.2) is 0 Å². The molecule has 0 aliphatic heterocycles. The Kier molecular flexibility index (Phi) is 6.27. The fraction of sp³-hybridized carbons (Fsp3) is 0.294. The molecule has 112 valence electrons. The van der Waals surface area contributed by atoms with Gasteiger partial charge < -0.3 is 10.1 Å². The van der Waals surface area contributed by atoms with Gasteiger partial charge in [0.25, 0.3) is 0 Å². The summed E-state index contributed by atoms with van der Waals surface area (Å²) in [6.07, 6.45) is 0. The minimum absolute atomic E-state index is 0.103. The van der Waals surface area contributed by atoms with Gasteiger partial charge >= 0.3 is 0 Å². The third kappa shape index (κ3) is 4.31. The lowest BCUT2D eigenvalue weighted by molar-refractivity contribution is 0.333. The fourth-order valence-electron chi connectivity index (χ4n) is 2.36. The first-order valence-electron chi connectivity index (χ1n) is 7.06. The van der Waals surface area contributed by atoms with Gasteiger partial charge in [0.05, 0.1) is 12.6 Å². The van der Waals surface area contributed by atoms with Crippen LogP contribution in [-0.4, -0.2) is 13.2 Å². The molecule has 0 saturated heterocycles. The van der Waals surface area contributed by atoms with Crippen molar-refractivity contribution < 1.29 is 4.74 Å². The van der Waals surface area contributed by atoms with Crippen LogP contribution in [0.3, 0.4) is 0 Å². The van der Waals surface area contributed by atoms with E-state index in [0.29, 0.717) is 6.61 Å². The molecule has 0 aromatic heterocycles. The minimum atomic E-state index is 0.103. The fourth-order valence-corrected chi connectivity index (χ4v) is 3.69. The van der Waals surface area contributed by atoms with Crippen molar-refractivity contribution in [2.24, 2.45) is 0 Å². The maximum atomic E-state index is 5.78. The molecule has 4 heteroatoms. The van der Waals surface area contributed by atoms with Crippen LogP contribution in [0.25, 0.3) is 0 Å². The summed E-state index contributed by atoms with van der Waals surface area (Å²) < 4.78 is 7.90. The van der Waals surface area contributed by atoms with Crippen molar-refractivity contribution in [3.63, 3.8) is 0 Å². The summed E-state index contributed by atoms with van der Waals surface area (Å²) in [7, 11) is 0. The zero-order chi connectivity index (χ0) is 15.2. The molecule has 0 spiro atoms. The number of ether oxygens (including phenoxy) is 1. The van der Waals surface area contributed by atoms with Crippen LogP contribution in [0.2, 0.25) is 0 Å². The first kappa shape index (κ1) is 16.5. The first-order chi connectivity index (χ1) is 10.2. The molecule has 0 heterocycles. The van der Waals surface area contributed by atoms with Gasteiger partial charge in [-0.25, -0.2) is 0 Å². The van der Waals surface area contributed by atoms with E-state index >= 15 is 0 Å². The van der Waals surface area contributed by atoms with Crippen molar-refractivity contribution >= 4 is 31.9 Å². The number of nitrogens with one attached hydrogen (secondary N) is 1. The SMILES string of the molecule is CCNC(c1cc(Br)cc(Br)c1)c1ccccc1OCC. The molecule has 0 aliphatic carbocycles. The lowest BCUT2D eigenvalue weighted by Gasteiger charge is -2.22. The van der Waals surface area contributed by atoms with Crippen molar-refractivity contribution in [3.05, 3.63) is 62.5 Å². The van der Waals surface area contributed by atoms with Crippen LogP contribution in [0.4, 0.5) is 0 Å². The number of para-hydroxylation sites is 1. The van der Waals surface area contributed by atoms with Gasteiger partial charge in [0.1, 0.15) is 5.75 Å². The second-order valence-corrected chi connectivity index (χ2v) is 6.50.